The maximum Gasteiger partial charge on any atom is 0.573 e. The largest absolute Gasteiger partial charge is 0.573 e. The van der Waals surface area contributed by atoms with Crippen molar-refractivity contribution in [1.82, 2.24) is 0 Å². The van der Waals surface area contributed by atoms with E-state index in [0.717, 1.165) is 12.1 Å². The normalized spacial score (nSPS) is 11.2. The van der Waals surface area contributed by atoms with Gasteiger partial charge in [-0.1, -0.05) is 0 Å². The van der Waals surface area contributed by atoms with Gasteiger partial charge in [-0.15, -0.1) is 13.2 Å². The standard InChI is InChI=1S/C7H3BrF3NO4/c8-3-1-2-4(16-7(9,10)11)5(6(3)13)12(14)15/h1-2,13H. The highest BCUT2D eigenvalue weighted by atomic mass is 79.9. The molecule has 9 heteroatoms. The van der Waals surface area contributed by atoms with Crippen LogP contribution in [0, 0.1) is 10.1 Å². The van der Waals surface area contributed by atoms with E-state index in [1.165, 1.54) is 0 Å². The van der Waals surface area contributed by atoms with Crippen LogP contribution < -0.4 is 4.74 Å². The van der Waals surface area contributed by atoms with Crippen LogP contribution in [0.2, 0.25) is 0 Å². The molecule has 0 saturated carbocycles. The number of aromatic hydroxyl groups is 1. The van der Waals surface area contributed by atoms with E-state index in [0.29, 0.717) is 0 Å². The second kappa shape index (κ2) is 4.16. The Morgan fingerprint density at radius 2 is 2.00 bits per heavy atom. The molecule has 1 N–H and O–H groups in total. The third kappa shape index (κ3) is 2.75. The summed E-state index contributed by atoms with van der Waals surface area (Å²) >= 11 is 2.74. The van der Waals surface area contributed by atoms with Gasteiger partial charge in [0.2, 0.25) is 11.5 Å². The van der Waals surface area contributed by atoms with Crippen LogP contribution in [0.4, 0.5) is 18.9 Å². The number of hydrogen-bond acceptors (Lipinski definition) is 4. The van der Waals surface area contributed by atoms with Gasteiger partial charge in [-0.25, -0.2) is 0 Å². The van der Waals surface area contributed by atoms with Gasteiger partial charge in [-0.2, -0.15) is 0 Å². The Kier molecular flexibility index (Phi) is 3.27. The fourth-order valence-electron chi connectivity index (χ4n) is 0.920. The number of nitro groups is 1. The number of nitro benzene ring substituents is 1. The lowest BCUT2D eigenvalue weighted by Gasteiger charge is -2.09. The van der Waals surface area contributed by atoms with Gasteiger partial charge in [-0.05, 0) is 28.1 Å². The van der Waals surface area contributed by atoms with E-state index in [9.17, 15) is 28.4 Å². The molecule has 1 aromatic rings. The number of hydrogen-bond donors (Lipinski definition) is 1. The topological polar surface area (TPSA) is 72.6 Å². The molecule has 0 heterocycles. The predicted molar refractivity (Wildman–Crippen MR) is 49.1 cm³/mol. The second-order valence-electron chi connectivity index (χ2n) is 2.55. The molecular formula is C7H3BrF3NO4. The van der Waals surface area contributed by atoms with E-state index in [1.54, 1.807) is 0 Å². The van der Waals surface area contributed by atoms with E-state index in [4.69, 9.17) is 0 Å². The van der Waals surface area contributed by atoms with Gasteiger partial charge in [0.25, 0.3) is 0 Å². The second-order valence-corrected chi connectivity index (χ2v) is 3.40. The highest BCUT2D eigenvalue weighted by Crippen LogP contribution is 2.42. The highest BCUT2D eigenvalue weighted by Gasteiger charge is 2.36. The van der Waals surface area contributed by atoms with E-state index < -0.39 is 28.5 Å². The first kappa shape index (κ1) is 12.6. The zero-order valence-corrected chi connectivity index (χ0v) is 8.87. The van der Waals surface area contributed by atoms with E-state index in [-0.39, 0.29) is 4.47 Å². The molecule has 0 fully saturated rings. The van der Waals surface area contributed by atoms with Crippen molar-refractivity contribution in [3.05, 3.63) is 26.7 Å². The summed E-state index contributed by atoms with van der Waals surface area (Å²) in [4.78, 5) is 9.29. The van der Waals surface area contributed by atoms with Gasteiger partial charge in [0.1, 0.15) is 0 Å². The molecule has 0 saturated heterocycles. The molecule has 1 rings (SSSR count). The van der Waals surface area contributed by atoms with Crippen molar-refractivity contribution >= 4 is 21.6 Å². The van der Waals surface area contributed by atoms with Crippen molar-refractivity contribution in [3.63, 3.8) is 0 Å². The smallest absolute Gasteiger partial charge is 0.501 e. The third-order valence-corrected chi connectivity index (χ3v) is 2.11. The van der Waals surface area contributed by atoms with Crippen molar-refractivity contribution in [2.24, 2.45) is 0 Å². The zero-order chi connectivity index (χ0) is 12.5. The maximum absolute atomic E-state index is 11.9. The van der Waals surface area contributed by atoms with Crippen molar-refractivity contribution in [3.8, 4) is 11.5 Å². The van der Waals surface area contributed by atoms with E-state index >= 15 is 0 Å². The predicted octanol–water partition coefficient (Wildman–Crippen LogP) is 2.96. The summed E-state index contributed by atoms with van der Waals surface area (Å²) in [5.41, 5.74) is -1.15. The van der Waals surface area contributed by atoms with Crippen LogP contribution in [-0.4, -0.2) is 16.4 Å². The average molecular weight is 302 g/mol. The summed E-state index contributed by atoms with van der Waals surface area (Å²) in [6, 6.07) is 1.73. The molecule has 0 aliphatic carbocycles. The first-order valence-electron chi connectivity index (χ1n) is 3.64. The van der Waals surface area contributed by atoms with Gasteiger partial charge in [-0.3, -0.25) is 10.1 Å². The Balaban J connectivity index is 3.29. The van der Waals surface area contributed by atoms with Crippen LogP contribution in [-0.2, 0) is 0 Å². The summed E-state index contributed by atoms with van der Waals surface area (Å²) < 4.78 is 38.9. The van der Waals surface area contributed by atoms with Gasteiger partial charge in [0.15, 0.2) is 0 Å². The van der Waals surface area contributed by atoms with Crippen LogP contribution >= 0.6 is 15.9 Å². The fourth-order valence-corrected chi connectivity index (χ4v) is 1.24. The quantitative estimate of drug-likeness (QED) is 0.673. The molecule has 0 radical (unpaired) electrons. The minimum atomic E-state index is -5.06. The van der Waals surface area contributed by atoms with Crippen LogP contribution in [0.15, 0.2) is 16.6 Å². The first-order valence-corrected chi connectivity index (χ1v) is 4.43. The van der Waals surface area contributed by atoms with Gasteiger partial charge in [0, 0.05) is 0 Å². The Bertz CT molecular complexity index is 434. The molecule has 0 unspecified atom stereocenters. The molecule has 0 aromatic heterocycles. The summed E-state index contributed by atoms with van der Waals surface area (Å²) in [6.45, 7) is 0. The molecule has 5 nitrogen and oxygen atoms in total. The number of nitrogens with zero attached hydrogens (tertiary/aromatic N) is 1. The van der Waals surface area contributed by atoms with Crippen LogP contribution in [0.5, 0.6) is 11.5 Å². The van der Waals surface area contributed by atoms with Crippen molar-refractivity contribution in [1.29, 1.82) is 0 Å². The summed E-state index contributed by atoms with van der Waals surface area (Å²) in [7, 11) is 0. The number of rotatable bonds is 2. The lowest BCUT2D eigenvalue weighted by molar-refractivity contribution is -0.389. The molecule has 1 aromatic carbocycles. The monoisotopic (exact) mass is 301 g/mol. The number of phenolic OH excluding ortho intramolecular Hbond substituents is 1. The molecule has 16 heavy (non-hydrogen) atoms. The number of phenols is 1. The van der Waals surface area contributed by atoms with Crippen LogP contribution in [0.25, 0.3) is 0 Å². The van der Waals surface area contributed by atoms with Crippen molar-refractivity contribution in [2.45, 2.75) is 6.36 Å². The molecule has 0 spiro atoms. The van der Waals surface area contributed by atoms with Gasteiger partial charge < -0.3 is 9.84 Å². The summed E-state index contributed by atoms with van der Waals surface area (Å²) in [5, 5.41) is 19.7. The van der Waals surface area contributed by atoms with Crippen molar-refractivity contribution < 1.29 is 27.9 Å². The summed E-state index contributed by atoms with van der Waals surface area (Å²) in [6.07, 6.45) is -5.06. The fraction of sp³-hybridized carbons (Fsp3) is 0.143. The number of ether oxygens (including phenoxy) is 1. The Morgan fingerprint density at radius 1 is 1.44 bits per heavy atom. The number of halogens is 4. The maximum atomic E-state index is 11.9. The minimum Gasteiger partial charge on any atom is -0.501 e. The van der Waals surface area contributed by atoms with Crippen LogP contribution in [0.3, 0.4) is 0 Å². The molecule has 0 aliphatic rings. The first-order chi connectivity index (χ1) is 7.22. The SMILES string of the molecule is O=[N+]([O-])c1c(OC(F)(F)F)ccc(Br)c1O. The highest BCUT2D eigenvalue weighted by molar-refractivity contribution is 9.10. The molecule has 0 bridgehead atoms. The Hall–Kier alpha value is -1.51. The summed E-state index contributed by atoms with van der Waals surface area (Å²) in [5.74, 6) is -2.00. The minimum absolute atomic E-state index is 0.103. The Morgan fingerprint density at radius 3 is 2.44 bits per heavy atom. The van der Waals surface area contributed by atoms with E-state index in [1.807, 2.05) is 0 Å². The molecular weight excluding hydrogens is 299 g/mol. The Labute approximate surface area is 94.7 Å². The van der Waals surface area contributed by atoms with Crippen molar-refractivity contribution in [2.75, 3.05) is 0 Å². The average Bonchev–Trinajstić information content (AvgIpc) is 2.08. The number of benzene rings is 1. The number of alkyl halides is 3. The molecule has 0 amide bonds. The lowest BCUT2D eigenvalue weighted by Crippen LogP contribution is -2.17. The lowest BCUT2D eigenvalue weighted by atomic mass is 10.3. The zero-order valence-electron chi connectivity index (χ0n) is 7.29. The van der Waals surface area contributed by atoms with E-state index in [2.05, 4.69) is 20.7 Å². The van der Waals surface area contributed by atoms with Gasteiger partial charge >= 0.3 is 12.0 Å². The van der Waals surface area contributed by atoms with Gasteiger partial charge in [0.05, 0.1) is 9.40 Å². The third-order valence-electron chi connectivity index (χ3n) is 1.47. The molecule has 0 atom stereocenters. The molecule has 0 aliphatic heterocycles. The molecule has 88 valence electrons. The van der Waals surface area contributed by atoms with Crippen LogP contribution in [0.1, 0.15) is 0 Å².